The lowest BCUT2D eigenvalue weighted by molar-refractivity contribution is 0.525. The first-order valence-corrected chi connectivity index (χ1v) is 5.67. The molecule has 2 N–H and O–H groups in total. The fraction of sp³-hybridized carbons (Fsp3) is 0.286. The molecule has 2 aromatic rings. The first kappa shape index (κ1) is 10.8. The van der Waals surface area contributed by atoms with Gasteiger partial charge in [-0.15, -0.1) is 0 Å². The first-order chi connectivity index (χ1) is 7.65. The van der Waals surface area contributed by atoms with Gasteiger partial charge in [-0.2, -0.15) is 0 Å². The number of nitrogens with two attached hydrogens (primary N) is 1. The Kier molecular flexibility index (Phi) is 3.00. The SMILES string of the molecule is CC(C)Cn1ccc(-c2ccc(N)cc2)c1. The van der Waals surface area contributed by atoms with Gasteiger partial charge in [0.05, 0.1) is 0 Å². The number of hydrogen-bond acceptors (Lipinski definition) is 1. The van der Waals surface area contributed by atoms with Crippen LogP contribution in [0.5, 0.6) is 0 Å². The fourth-order valence-corrected chi connectivity index (χ4v) is 1.82. The molecule has 0 aliphatic carbocycles. The van der Waals surface area contributed by atoms with Gasteiger partial charge >= 0.3 is 0 Å². The van der Waals surface area contributed by atoms with Gasteiger partial charge in [0.15, 0.2) is 0 Å². The second-order valence-electron chi connectivity index (χ2n) is 4.61. The lowest BCUT2D eigenvalue weighted by Crippen LogP contribution is -2.00. The summed E-state index contributed by atoms with van der Waals surface area (Å²) in [7, 11) is 0. The van der Waals surface area contributed by atoms with Crippen LogP contribution in [0.25, 0.3) is 11.1 Å². The molecule has 2 heteroatoms. The molecule has 1 aromatic carbocycles. The summed E-state index contributed by atoms with van der Waals surface area (Å²) >= 11 is 0. The summed E-state index contributed by atoms with van der Waals surface area (Å²) in [6, 6.07) is 10.1. The van der Waals surface area contributed by atoms with E-state index in [4.69, 9.17) is 5.73 Å². The summed E-state index contributed by atoms with van der Waals surface area (Å²) in [5, 5.41) is 0. The Labute approximate surface area is 96.7 Å². The Morgan fingerprint density at radius 1 is 1.06 bits per heavy atom. The highest BCUT2D eigenvalue weighted by molar-refractivity contribution is 5.64. The van der Waals surface area contributed by atoms with Crippen LogP contribution in [-0.4, -0.2) is 4.57 Å². The van der Waals surface area contributed by atoms with E-state index in [2.05, 4.69) is 49.0 Å². The van der Waals surface area contributed by atoms with Crippen LogP contribution in [0.3, 0.4) is 0 Å². The minimum Gasteiger partial charge on any atom is -0.399 e. The minimum absolute atomic E-state index is 0.673. The molecule has 0 unspecified atom stereocenters. The van der Waals surface area contributed by atoms with Crippen molar-refractivity contribution in [3.63, 3.8) is 0 Å². The van der Waals surface area contributed by atoms with Gasteiger partial charge in [-0.25, -0.2) is 0 Å². The highest BCUT2D eigenvalue weighted by Crippen LogP contribution is 2.21. The molecule has 0 saturated carbocycles. The predicted octanol–water partition coefficient (Wildman–Crippen LogP) is 3.39. The average Bonchev–Trinajstić information content (AvgIpc) is 2.66. The third-order valence-corrected chi connectivity index (χ3v) is 2.57. The maximum atomic E-state index is 5.67. The number of anilines is 1. The van der Waals surface area contributed by atoms with Crippen LogP contribution in [0.4, 0.5) is 5.69 Å². The van der Waals surface area contributed by atoms with Crippen molar-refractivity contribution in [2.45, 2.75) is 20.4 Å². The molecule has 2 rings (SSSR count). The Bertz CT molecular complexity index is 452. The molecule has 0 atom stereocenters. The second-order valence-corrected chi connectivity index (χ2v) is 4.61. The average molecular weight is 214 g/mol. The van der Waals surface area contributed by atoms with Crippen molar-refractivity contribution >= 4 is 5.69 Å². The van der Waals surface area contributed by atoms with Crippen molar-refractivity contribution in [1.29, 1.82) is 0 Å². The van der Waals surface area contributed by atoms with Gasteiger partial charge in [0.2, 0.25) is 0 Å². The largest absolute Gasteiger partial charge is 0.399 e. The summed E-state index contributed by atoms with van der Waals surface area (Å²) in [6.45, 7) is 5.51. The maximum absolute atomic E-state index is 5.67. The minimum atomic E-state index is 0.673. The van der Waals surface area contributed by atoms with Crippen molar-refractivity contribution in [2.24, 2.45) is 5.92 Å². The number of hydrogen-bond donors (Lipinski definition) is 1. The van der Waals surface area contributed by atoms with Gasteiger partial charge in [0, 0.05) is 24.6 Å². The van der Waals surface area contributed by atoms with E-state index < -0.39 is 0 Å². The number of nitrogen functional groups attached to an aromatic ring is 1. The molecular weight excluding hydrogens is 196 g/mol. The van der Waals surface area contributed by atoms with Gasteiger partial charge in [-0.1, -0.05) is 26.0 Å². The van der Waals surface area contributed by atoms with E-state index >= 15 is 0 Å². The molecule has 0 spiro atoms. The maximum Gasteiger partial charge on any atom is 0.0314 e. The van der Waals surface area contributed by atoms with E-state index in [1.54, 1.807) is 0 Å². The Hall–Kier alpha value is -1.70. The van der Waals surface area contributed by atoms with Crippen LogP contribution in [-0.2, 0) is 6.54 Å². The van der Waals surface area contributed by atoms with E-state index in [1.165, 1.54) is 11.1 Å². The second kappa shape index (κ2) is 4.44. The van der Waals surface area contributed by atoms with E-state index in [1.807, 2.05) is 12.1 Å². The molecule has 0 fully saturated rings. The molecule has 2 nitrogen and oxygen atoms in total. The predicted molar refractivity (Wildman–Crippen MR) is 69.1 cm³/mol. The van der Waals surface area contributed by atoms with Crippen LogP contribution in [0.15, 0.2) is 42.7 Å². The molecule has 0 bridgehead atoms. The summed E-state index contributed by atoms with van der Waals surface area (Å²) in [6.07, 6.45) is 4.32. The van der Waals surface area contributed by atoms with E-state index in [-0.39, 0.29) is 0 Å². The monoisotopic (exact) mass is 214 g/mol. The van der Waals surface area contributed by atoms with Crippen LogP contribution in [0.1, 0.15) is 13.8 Å². The van der Waals surface area contributed by atoms with Gasteiger partial charge in [0.25, 0.3) is 0 Å². The van der Waals surface area contributed by atoms with Crippen molar-refractivity contribution in [2.75, 3.05) is 5.73 Å². The van der Waals surface area contributed by atoms with Crippen LogP contribution < -0.4 is 5.73 Å². The lowest BCUT2D eigenvalue weighted by Gasteiger charge is -2.05. The van der Waals surface area contributed by atoms with Crippen molar-refractivity contribution in [3.8, 4) is 11.1 Å². The molecule has 0 saturated heterocycles. The molecular formula is C14H18N2. The number of nitrogens with zero attached hydrogens (tertiary/aromatic N) is 1. The molecule has 16 heavy (non-hydrogen) atoms. The van der Waals surface area contributed by atoms with Crippen molar-refractivity contribution in [3.05, 3.63) is 42.7 Å². The molecule has 0 aliphatic rings. The fourth-order valence-electron chi connectivity index (χ4n) is 1.82. The van der Waals surface area contributed by atoms with E-state index in [0.717, 1.165) is 12.2 Å². The van der Waals surface area contributed by atoms with Gasteiger partial charge in [-0.3, -0.25) is 0 Å². The number of aromatic nitrogens is 1. The molecule has 1 heterocycles. The third kappa shape index (κ3) is 2.45. The van der Waals surface area contributed by atoms with E-state index in [0.29, 0.717) is 5.92 Å². The zero-order chi connectivity index (χ0) is 11.5. The van der Waals surface area contributed by atoms with Crippen LogP contribution in [0.2, 0.25) is 0 Å². The molecule has 0 amide bonds. The molecule has 84 valence electrons. The van der Waals surface area contributed by atoms with Crippen molar-refractivity contribution < 1.29 is 0 Å². The summed E-state index contributed by atoms with van der Waals surface area (Å²) in [5.74, 6) is 0.673. The van der Waals surface area contributed by atoms with Crippen molar-refractivity contribution in [1.82, 2.24) is 4.57 Å². The normalized spacial score (nSPS) is 10.9. The standard InChI is InChI=1S/C14H18N2/c1-11(2)9-16-8-7-13(10-16)12-3-5-14(15)6-4-12/h3-8,10-11H,9,15H2,1-2H3. The topological polar surface area (TPSA) is 30.9 Å². The lowest BCUT2D eigenvalue weighted by atomic mass is 10.1. The Morgan fingerprint density at radius 3 is 2.38 bits per heavy atom. The smallest absolute Gasteiger partial charge is 0.0314 e. The zero-order valence-corrected chi connectivity index (χ0v) is 9.85. The van der Waals surface area contributed by atoms with E-state index in [9.17, 15) is 0 Å². The number of rotatable bonds is 3. The highest BCUT2D eigenvalue weighted by Gasteiger charge is 2.01. The van der Waals surface area contributed by atoms with Crippen LogP contribution >= 0.6 is 0 Å². The third-order valence-electron chi connectivity index (χ3n) is 2.57. The molecule has 0 aliphatic heterocycles. The quantitative estimate of drug-likeness (QED) is 0.780. The Balaban J connectivity index is 2.21. The highest BCUT2D eigenvalue weighted by atomic mass is 14.9. The summed E-state index contributed by atoms with van der Waals surface area (Å²) in [4.78, 5) is 0. The summed E-state index contributed by atoms with van der Waals surface area (Å²) < 4.78 is 2.23. The summed E-state index contributed by atoms with van der Waals surface area (Å²) in [5.41, 5.74) is 8.95. The van der Waals surface area contributed by atoms with Gasteiger partial charge in [-0.05, 0) is 35.2 Å². The Morgan fingerprint density at radius 2 is 1.75 bits per heavy atom. The van der Waals surface area contributed by atoms with Gasteiger partial charge in [0.1, 0.15) is 0 Å². The number of benzene rings is 1. The first-order valence-electron chi connectivity index (χ1n) is 5.67. The molecule has 0 radical (unpaired) electrons. The zero-order valence-electron chi connectivity index (χ0n) is 9.85. The molecule has 1 aromatic heterocycles. The van der Waals surface area contributed by atoms with Gasteiger partial charge < -0.3 is 10.3 Å². The van der Waals surface area contributed by atoms with Crippen LogP contribution in [0, 0.1) is 5.92 Å².